The number of hydrogen-bond donors (Lipinski definition) is 0. The van der Waals surface area contributed by atoms with E-state index < -0.39 is 35.5 Å². The van der Waals surface area contributed by atoms with Crippen molar-refractivity contribution in [2.45, 2.75) is 38.8 Å². The highest BCUT2D eigenvalue weighted by Gasteiger charge is 2.40. The van der Waals surface area contributed by atoms with Crippen molar-refractivity contribution in [1.82, 2.24) is 4.90 Å². The molecule has 0 saturated heterocycles. The number of carbonyl (C=O) groups is 3. The number of ether oxygens (including phenoxy) is 2. The quantitative estimate of drug-likeness (QED) is 0.367. The number of hydrogen-bond acceptors (Lipinski definition) is 6. The number of allylic oxidation sites excluding steroid dienone is 1. The van der Waals surface area contributed by atoms with Crippen LogP contribution in [0.15, 0.2) is 55.6 Å². The molecule has 0 bridgehead atoms. The average molecular weight is 387 g/mol. The minimum atomic E-state index is -0.954. The third-order valence-electron chi connectivity index (χ3n) is 3.85. The van der Waals surface area contributed by atoms with Gasteiger partial charge in [-0.05, 0) is 46.4 Å². The molecule has 0 aliphatic carbocycles. The number of rotatable bonds is 9. The first kappa shape index (κ1) is 23.3. The molecule has 152 valence electrons. The Labute approximate surface area is 166 Å². The van der Waals surface area contributed by atoms with Crippen molar-refractivity contribution in [2.24, 2.45) is 5.92 Å². The summed E-state index contributed by atoms with van der Waals surface area (Å²) >= 11 is 0. The van der Waals surface area contributed by atoms with Gasteiger partial charge in [0.15, 0.2) is 0 Å². The Morgan fingerprint density at radius 1 is 1.07 bits per heavy atom. The zero-order chi connectivity index (χ0) is 21.3. The van der Waals surface area contributed by atoms with Gasteiger partial charge in [0, 0.05) is 6.54 Å². The summed E-state index contributed by atoms with van der Waals surface area (Å²) in [5.41, 5.74) is -0.478. The molecule has 1 aromatic rings. The maximum Gasteiger partial charge on any atom is 0.345 e. The highest BCUT2D eigenvalue weighted by molar-refractivity contribution is 5.98. The largest absolute Gasteiger partial charge is 0.459 e. The number of benzene rings is 1. The summed E-state index contributed by atoms with van der Waals surface area (Å²) in [5.74, 6) is -3.10. The molecule has 0 aliphatic rings. The van der Waals surface area contributed by atoms with Crippen LogP contribution < -0.4 is 0 Å². The lowest BCUT2D eigenvalue weighted by atomic mass is 9.94. The lowest BCUT2D eigenvalue weighted by molar-refractivity contribution is -0.167. The zero-order valence-electron chi connectivity index (χ0n) is 17.0. The van der Waals surface area contributed by atoms with E-state index in [0.29, 0.717) is 6.54 Å². The minimum Gasteiger partial charge on any atom is -0.459 e. The molecule has 2 unspecified atom stereocenters. The van der Waals surface area contributed by atoms with E-state index in [4.69, 9.17) is 9.47 Å². The number of likely N-dealkylation sites (N-methyl/N-ethyl adjacent to an activating group) is 1. The molecule has 6 nitrogen and oxygen atoms in total. The van der Waals surface area contributed by atoms with E-state index in [-0.39, 0.29) is 12.0 Å². The van der Waals surface area contributed by atoms with Crippen LogP contribution in [-0.2, 0) is 19.1 Å². The fourth-order valence-corrected chi connectivity index (χ4v) is 2.66. The Hall–Kier alpha value is -2.73. The SMILES string of the molecule is C=CCC(C(=O)OC(=O)c1ccccc1)C(C(=O)OC(C)(C)C)N(C)CC=C. The van der Waals surface area contributed by atoms with Crippen LogP contribution in [0.3, 0.4) is 0 Å². The van der Waals surface area contributed by atoms with E-state index in [9.17, 15) is 14.4 Å². The highest BCUT2D eigenvalue weighted by atomic mass is 16.6. The molecule has 28 heavy (non-hydrogen) atoms. The molecule has 0 amide bonds. The summed E-state index contributed by atoms with van der Waals surface area (Å²) in [7, 11) is 1.68. The van der Waals surface area contributed by atoms with Gasteiger partial charge in [-0.3, -0.25) is 14.5 Å². The molecule has 6 heteroatoms. The van der Waals surface area contributed by atoms with Gasteiger partial charge in [-0.1, -0.05) is 30.4 Å². The van der Waals surface area contributed by atoms with E-state index in [1.54, 1.807) is 69.1 Å². The van der Waals surface area contributed by atoms with Gasteiger partial charge < -0.3 is 9.47 Å². The minimum absolute atomic E-state index is 0.145. The third-order valence-corrected chi connectivity index (χ3v) is 3.85. The van der Waals surface area contributed by atoms with Gasteiger partial charge in [0.05, 0.1) is 11.5 Å². The van der Waals surface area contributed by atoms with Crippen LogP contribution in [0, 0.1) is 5.92 Å². The zero-order valence-corrected chi connectivity index (χ0v) is 17.0. The Kier molecular flexibility index (Phi) is 8.79. The average Bonchev–Trinajstić information content (AvgIpc) is 2.60. The summed E-state index contributed by atoms with van der Waals surface area (Å²) in [5, 5.41) is 0. The van der Waals surface area contributed by atoms with Crippen LogP contribution in [0.25, 0.3) is 0 Å². The van der Waals surface area contributed by atoms with Crippen molar-refractivity contribution in [2.75, 3.05) is 13.6 Å². The Morgan fingerprint density at radius 3 is 2.18 bits per heavy atom. The number of nitrogens with zero attached hydrogens (tertiary/aromatic N) is 1. The van der Waals surface area contributed by atoms with Crippen molar-refractivity contribution in [3.8, 4) is 0 Å². The predicted molar refractivity (Wildman–Crippen MR) is 108 cm³/mol. The monoisotopic (exact) mass is 387 g/mol. The van der Waals surface area contributed by atoms with Crippen molar-refractivity contribution in [3.63, 3.8) is 0 Å². The highest BCUT2D eigenvalue weighted by Crippen LogP contribution is 2.22. The summed E-state index contributed by atoms with van der Waals surface area (Å²) in [6.45, 7) is 12.9. The van der Waals surface area contributed by atoms with Gasteiger partial charge in [-0.2, -0.15) is 0 Å². The standard InChI is InChI=1S/C22H29NO5/c1-7-12-17(20(25)27-19(24)16-13-10-9-11-14-16)18(23(6)15-8-2)21(26)28-22(3,4)5/h7-11,13-14,17-18H,1-2,12,15H2,3-6H3. The van der Waals surface area contributed by atoms with E-state index in [0.717, 1.165) is 0 Å². The second kappa shape index (κ2) is 10.6. The molecule has 0 heterocycles. The molecule has 0 aromatic heterocycles. The summed E-state index contributed by atoms with van der Waals surface area (Å²) in [4.78, 5) is 39.5. The molecule has 0 spiro atoms. The van der Waals surface area contributed by atoms with E-state index >= 15 is 0 Å². The molecule has 0 radical (unpaired) electrons. The van der Waals surface area contributed by atoms with E-state index in [2.05, 4.69) is 13.2 Å². The fraction of sp³-hybridized carbons (Fsp3) is 0.409. The van der Waals surface area contributed by atoms with Crippen molar-refractivity contribution in [3.05, 3.63) is 61.2 Å². The topological polar surface area (TPSA) is 72.9 Å². The van der Waals surface area contributed by atoms with Crippen molar-refractivity contribution < 1.29 is 23.9 Å². The molecule has 2 atom stereocenters. The third kappa shape index (κ3) is 7.12. The summed E-state index contributed by atoms with van der Waals surface area (Å²) in [6.07, 6.45) is 3.27. The molecule has 0 aliphatic heterocycles. The lowest BCUT2D eigenvalue weighted by Gasteiger charge is -2.32. The second-order valence-corrected chi connectivity index (χ2v) is 7.41. The van der Waals surface area contributed by atoms with Crippen LogP contribution >= 0.6 is 0 Å². The van der Waals surface area contributed by atoms with Crippen LogP contribution in [0.4, 0.5) is 0 Å². The lowest BCUT2D eigenvalue weighted by Crippen LogP contribution is -2.50. The van der Waals surface area contributed by atoms with Gasteiger partial charge in [0.1, 0.15) is 11.6 Å². The maximum absolute atomic E-state index is 12.8. The Morgan fingerprint density at radius 2 is 1.68 bits per heavy atom. The maximum atomic E-state index is 12.8. The van der Waals surface area contributed by atoms with Gasteiger partial charge in [0.2, 0.25) is 0 Å². The first-order valence-corrected chi connectivity index (χ1v) is 9.06. The van der Waals surface area contributed by atoms with Crippen molar-refractivity contribution in [1.29, 1.82) is 0 Å². The fourth-order valence-electron chi connectivity index (χ4n) is 2.66. The van der Waals surface area contributed by atoms with E-state index in [1.807, 2.05) is 0 Å². The number of carbonyl (C=O) groups excluding carboxylic acids is 3. The Bertz CT molecular complexity index is 705. The van der Waals surface area contributed by atoms with Crippen LogP contribution in [0.2, 0.25) is 0 Å². The molecule has 1 aromatic carbocycles. The summed E-state index contributed by atoms with van der Waals surface area (Å²) in [6, 6.07) is 7.24. The molecule has 0 N–H and O–H groups in total. The predicted octanol–water partition coefficient (Wildman–Crippen LogP) is 3.39. The van der Waals surface area contributed by atoms with Crippen molar-refractivity contribution >= 4 is 17.9 Å². The normalized spacial score (nSPS) is 13.3. The first-order chi connectivity index (χ1) is 13.1. The van der Waals surface area contributed by atoms with E-state index in [1.165, 1.54) is 6.08 Å². The van der Waals surface area contributed by atoms with Crippen LogP contribution in [0.5, 0.6) is 0 Å². The van der Waals surface area contributed by atoms with Gasteiger partial charge in [-0.25, -0.2) is 4.79 Å². The number of esters is 3. The summed E-state index contributed by atoms with van der Waals surface area (Å²) < 4.78 is 10.5. The Balaban J connectivity index is 3.13. The van der Waals surface area contributed by atoms with Gasteiger partial charge in [-0.15, -0.1) is 13.2 Å². The molecular formula is C22H29NO5. The molecule has 0 saturated carbocycles. The van der Waals surface area contributed by atoms with Gasteiger partial charge >= 0.3 is 17.9 Å². The molecular weight excluding hydrogens is 358 g/mol. The molecule has 0 fully saturated rings. The second-order valence-electron chi connectivity index (χ2n) is 7.41. The smallest absolute Gasteiger partial charge is 0.345 e. The molecule has 1 rings (SSSR count). The van der Waals surface area contributed by atoms with Crippen LogP contribution in [0.1, 0.15) is 37.6 Å². The van der Waals surface area contributed by atoms with Gasteiger partial charge in [0.25, 0.3) is 0 Å². The first-order valence-electron chi connectivity index (χ1n) is 9.06. The van der Waals surface area contributed by atoms with Crippen LogP contribution in [-0.4, -0.2) is 48.0 Å².